The Morgan fingerprint density at radius 2 is 2.24 bits per heavy atom. The summed E-state index contributed by atoms with van der Waals surface area (Å²) in [6.45, 7) is 2.01. The van der Waals surface area contributed by atoms with Crippen molar-refractivity contribution in [2.45, 2.75) is 13.3 Å². The molecule has 0 fully saturated rings. The first-order valence-electron chi connectivity index (χ1n) is 5.37. The van der Waals surface area contributed by atoms with E-state index in [1.165, 1.54) is 13.2 Å². The lowest BCUT2D eigenvalue weighted by Gasteiger charge is -2.09. The van der Waals surface area contributed by atoms with Gasteiger partial charge in [-0.25, -0.2) is 9.78 Å². The average molecular weight is 231 g/mol. The fourth-order valence-electron chi connectivity index (χ4n) is 1.84. The Hall–Kier alpha value is -2.10. The van der Waals surface area contributed by atoms with E-state index in [1.807, 2.05) is 25.1 Å². The minimum atomic E-state index is -1.05. The molecule has 2 rings (SSSR count). The second-order valence-corrected chi connectivity index (χ2v) is 3.68. The van der Waals surface area contributed by atoms with Gasteiger partial charge in [0.25, 0.3) is 0 Å². The van der Waals surface area contributed by atoms with Gasteiger partial charge < -0.3 is 9.84 Å². The van der Waals surface area contributed by atoms with E-state index in [0.29, 0.717) is 11.3 Å². The molecule has 0 spiro atoms. The van der Waals surface area contributed by atoms with Crippen molar-refractivity contribution in [3.8, 4) is 5.75 Å². The molecule has 0 saturated heterocycles. The highest BCUT2D eigenvalue weighted by Crippen LogP contribution is 2.27. The molecule has 2 aromatic rings. The molecule has 0 aliphatic carbocycles. The van der Waals surface area contributed by atoms with Gasteiger partial charge in [-0.1, -0.05) is 19.1 Å². The molecule has 0 atom stereocenters. The van der Waals surface area contributed by atoms with Crippen LogP contribution in [-0.2, 0) is 6.42 Å². The summed E-state index contributed by atoms with van der Waals surface area (Å²) in [5.41, 5.74) is 1.73. The zero-order valence-electron chi connectivity index (χ0n) is 9.73. The van der Waals surface area contributed by atoms with Gasteiger partial charge in [-0.05, 0) is 18.1 Å². The lowest BCUT2D eigenvalue weighted by atomic mass is 10.1. The van der Waals surface area contributed by atoms with Crippen LogP contribution in [0, 0.1) is 0 Å². The van der Waals surface area contributed by atoms with Crippen LogP contribution < -0.4 is 4.74 Å². The van der Waals surface area contributed by atoms with Crippen LogP contribution in [0.5, 0.6) is 5.75 Å². The van der Waals surface area contributed by atoms with Crippen LogP contribution in [0.3, 0.4) is 0 Å². The van der Waals surface area contributed by atoms with Gasteiger partial charge in [0.2, 0.25) is 0 Å². The number of hydrogen-bond donors (Lipinski definition) is 1. The van der Waals surface area contributed by atoms with Gasteiger partial charge in [-0.3, -0.25) is 0 Å². The van der Waals surface area contributed by atoms with Crippen LogP contribution in [0.25, 0.3) is 10.9 Å². The van der Waals surface area contributed by atoms with E-state index in [-0.39, 0.29) is 5.69 Å². The van der Waals surface area contributed by atoms with Crippen LogP contribution in [-0.4, -0.2) is 23.2 Å². The van der Waals surface area contributed by atoms with Gasteiger partial charge in [-0.15, -0.1) is 0 Å². The Balaban J connectivity index is 2.82. The van der Waals surface area contributed by atoms with Crippen molar-refractivity contribution >= 4 is 16.9 Å². The summed E-state index contributed by atoms with van der Waals surface area (Å²) in [5, 5.41) is 9.85. The van der Waals surface area contributed by atoms with Crippen molar-refractivity contribution in [2.75, 3.05) is 7.11 Å². The van der Waals surface area contributed by atoms with E-state index < -0.39 is 5.97 Å². The van der Waals surface area contributed by atoms with Crippen molar-refractivity contribution in [1.29, 1.82) is 0 Å². The predicted octanol–water partition coefficient (Wildman–Crippen LogP) is 2.50. The fraction of sp³-hybridized carbons (Fsp3) is 0.231. The zero-order chi connectivity index (χ0) is 12.4. The molecule has 0 bridgehead atoms. The number of aromatic nitrogens is 1. The van der Waals surface area contributed by atoms with Crippen molar-refractivity contribution in [3.05, 3.63) is 35.5 Å². The first kappa shape index (κ1) is 11.4. The maximum Gasteiger partial charge on any atom is 0.354 e. The first-order chi connectivity index (χ1) is 8.17. The van der Waals surface area contributed by atoms with E-state index >= 15 is 0 Å². The topological polar surface area (TPSA) is 59.4 Å². The lowest BCUT2D eigenvalue weighted by Crippen LogP contribution is -2.02. The molecule has 1 N–H and O–H groups in total. The fourth-order valence-corrected chi connectivity index (χ4v) is 1.84. The van der Waals surface area contributed by atoms with Gasteiger partial charge in [0, 0.05) is 11.5 Å². The number of fused-ring (bicyclic) bond motifs is 1. The number of hydrogen-bond acceptors (Lipinski definition) is 3. The molecule has 0 unspecified atom stereocenters. The molecule has 1 aromatic heterocycles. The number of aryl methyl sites for hydroxylation is 1. The van der Waals surface area contributed by atoms with E-state index in [1.54, 1.807) is 0 Å². The molecule has 0 amide bonds. The molecular formula is C13H13NO3. The van der Waals surface area contributed by atoms with Crippen LogP contribution >= 0.6 is 0 Å². The number of rotatable bonds is 3. The SMILES string of the molecule is CCc1cccc2c(OC)cc(C(=O)O)nc12. The number of carboxylic acids is 1. The lowest BCUT2D eigenvalue weighted by molar-refractivity contribution is 0.0690. The number of ether oxygens (including phenoxy) is 1. The van der Waals surface area contributed by atoms with Crippen LogP contribution in [0.4, 0.5) is 0 Å². The molecule has 0 radical (unpaired) electrons. The molecule has 0 aliphatic rings. The van der Waals surface area contributed by atoms with Crippen molar-refractivity contribution in [1.82, 2.24) is 4.98 Å². The number of carbonyl (C=O) groups is 1. The smallest absolute Gasteiger partial charge is 0.354 e. The summed E-state index contributed by atoms with van der Waals surface area (Å²) in [4.78, 5) is 15.2. The van der Waals surface area contributed by atoms with E-state index in [2.05, 4.69) is 4.98 Å². The van der Waals surface area contributed by atoms with E-state index in [9.17, 15) is 4.79 Å². The number of pyridine rings is 1. The van der Waals surface area contributed by atoms with Gasteiger partial charge >= 0.3 is 5.97 Å². The summed E-state index contributed by atoms with van der Waals surface area (Å²) < 4.78 is 5.21. The molecule has 1 aromatic carbocycles. The highest BCUT2D eigenvalue weighted by atomic mass is 16.5. The summed E-state index contributed by atoms with van der Waals surface area (Å²) in [6, 6.07) is 7.20. The van der Waals surface area contributed by atoms with Crippen molar-refractivity contribution in [2.24, 2.45) is 0 Å². The third-order valence-electron chi connectivity index (χ3n) is 2.71. The number of carboxylic acid groups (broad SMARTS) is 1. The quantitative estimate of drug-likeness (QED) is 0.881. The Bertz CT molecular complexity index is 578. The van der Waals surface area contributed by atoms with E-state index in [4.69, 9.17) is 9.84 Å². The Morgan fingerprint density at radius 1 is 1.47 bits per heavy atom. The van der Waals surface area contributed by atoms with Gasteiger partial charge in [0.1, 0.15) is 5.75 Å². The van der Waals surface area contributed by atoms with Gasteiger partial charge in [0.05, 0.1) is 12.6 Å². The average Bonchev–Trinajstić information content (AvgIpc) is 2.36. The largest absolute Gasteiger partial charge is 0.496 e. The summed E-state index contributed by atoms with van der Waals surface area (Å²) in [7, 11) is 1.53. The second kappa shape index (κ2) is 4.41. The third kappa shape index (κ3) is 1.93. The normalized spacial score (nSPS) is 10.5. The molecule has 0 saturated carbocycles. The minimum Gasteiger partial charge on any atom is -0.496 e. The van der Waals surface area contributed by atoms with Crippen LogP contribution in [0.15, 0.2) is 24.3 Å². The first-order valence-corrected chi connectivity index (χ1v) is 5.37. The number of benzene rings is 1. The number of para-hydroxylation sites is 1. The maximum absolute atomic E-state index is 11.0. The third-order valence-corrected chi connectivity index (χ3v) is 2.71. The molecular weight excluding hydrogens is 218 g/mol. The summed E-state index contributed by atoms with van der Waals surface area (Å²) in [6.07, 6.45) is 0.802. The number of methoxy groups -OCH3 is 1. The standard InChI is InChI=1S/C13H13NO3/c1-3-8-5-4-6-9-11(17-2)7-10(13(15)16)14-12(8)9/h4-7H,3H2,1-2H3,(H,15,16). The summed E-state index contributed by atoms with van der Waals surface area (Å²) in [5.74, 6) is -0.501. The Morgan fingerprint density at radius 3 is 2.82 bits per heavy atom. The zero-order valence-corrected chi connectivity index (χ0v) is 9.73. The van der Waals surface area contributed by atoms with Gasteiger partial charge in [0.15, 0.2) is 5.69 Å². The second-order valence-electron chi connectivity index (χ2n) is 3.68. The van der Waals surface area contributed by atoms with Crippen LogP contribution in [0.1, 0.15) is 23.0 Å². The highest BCUT2D eigenvalue weighted by molar-refractivity contribution is 5.94. The van der Waals surface area contributed by atoms with Crippen molar-refractivity contribution in [3.63, 3.8) is 0 Å². The van der Waals surface area contributed by atoms with E-state index in [0.717, 1.165) is 17.4 Å². The molecule has 88 valence electrons. The Kier molecular flexibility index (Phi) is 2.95. The molecule has 17 heavy (non-hydrogen) atoms. The monoisotopic (exact) mass is 231 g/mol. The Labute approximate surface area is 98.9 Å². The molecule has 0 aliphatic heterocycles. The molecule has 4 nitrogen and oxygen atoms in total. The van der Waals surface area contributed by atoms with Crippen molar-refractivity contribution < 1.29 is 14.6 Å². The maximum atomic E-state index is 11.0. The molecule has 4 heteroatoms. The number of aromatic carboxylic acids is 1. The highest BCUT2D eigenvalue weighted by Gasteiger charge is 2.12. The summed E-state index contributed by atoms with van der Waals surface area (Å²) >= 11 is 0. The minimum absolute atomic E-state index is 0.00949. The molecule has 1 heterocycles. The number of nitrogens with zero attached hydrogens (tertiary/aromatic N) is 1. The van der Waals surface area contributed by atoms with Gasteiger partial charge in [-0.2, -0.15) is 0 Å². The van der Waals surface area contributed by atoms with Crippen LogP contribution in [0.2, 0.25) is 0 Å². The predicted molar refractivity (Wildman–Crippen MR) is 64.6 cm³/mol.